The Hall–Kier alpha value is -0.110. The molecule has 114 valence electrons. The molecule has 1 aromatic carbocycles. The van der Waals surface area contributed by atoms with Gasteiger partial charge in [-0.15, -0.1) is 0 Å². The van der Waals surface area contributed by atoms with Gasteiger partial charge in [-0.3, -0.25) is 0 Å². The largest absolute Gasteiger partial charge is 0.399 e. The number of nitrogens with two attached hydrogens (primary N) is 1. The van der Waals surface area contributed by atoms with Gasteiger partial charge in [-0.2, -0.15) is 4.31 Å². The lowest BCUT2D eigenvalue weighted by molar-refractivity contribution is 0.337. The third kappa shape index (κ3) is 3.96. The number of hydrogen-bond donors (Lipinski definition) is 1. The van der Waals surface area contributed by atoms with Gasteiger partial charge >= 0.3 is 0 Å². The van der Waals surface area contributed by atoms with Crippen molar-refractivity contribution in [1.29, 1.82) is 0 Å². The molecular formula is C13H20Br2N2O2S. The van der Waals surface area contributed by atoms with Gasteiger partial charge in [0.15, 0.2) is 0 Å². The number of halogens is 2. The fourth-order valence-corrected chi connectivity index (χ4v) is 5.95. The van der Waals surface area contributed by atoms with Crippen molar-refractivity contribution in [3.8, 4) is 0 Å². The fraction of sp³-hybridized carbons (Fsp3) is 0.538. The SMILES string of the molecule is CC(C)CC(C)N(C)S(=O)(=O)c1c(Br)cc(N)cc1Br. The Balaban J connectivity index is 3.24. The first-order valence-electron chi connectivity index (χ1n) is 6.30. The lowest BCUT2D eigenvalue weighted by atomic mass is 10.1. The number of nitrogens with zero attached hydrogens (tertiary/aromatic N) is 1. The van der Waals surface area contributed by atoms with E-state index in [1.807, 2.05) is 6.92 Å². The van der Waals surface area contributed by atoms with Crippen LogP contribution < -0.4 is 5.73 Å². The van der Waals surface area contributed by atoms with Gasteiger partial charge in [0.25, 0.3) is 0 Å². The second-order valence-electron chi connectivity index (χ2n) is 5.31. The highest BCUT2D eigenvalue weighted by Gasteiger charge is 2.29. The molecule has 1 unspecified atom stereocenters. The Bertz CT molecular complexity index is 565. The van der Waals surface area contributed by atoms with Crippen molar-refractivity contribution in [3.05, 3.63) is 21.1 Å². The van der Waals surface area contributed by atoms with Gasteiger partial charge in [-0.05, 0) is 63.3 Å². The second kappa shape index (κ2) is 6.77. The summed E-state index contributed by atoms with van der Waals surface area (Å²) < 4.78 is 27.8. The van der Waals surface area contributed by atoms with E-state index >= 15 is 0 Å². The average molecular weight is 428 g/mol. The van der Waals surface area contributed by atoms with Crippen LogP contribution in [0.4, 0.5) is 5.69 Å². The van der Waals surface area contributed by atoms with Crippen molar-refractivity contribution in [2.24, 2.45) is 5.92 Å². The number of anilines is 1. The zero-order valence-corrected chi connectivity index (χ0v) is 16.0. The van der Waals surface area contributed by atoms with Gasteiger partial charge < -0.3 is 5.73 Å². The molecule has 7 heteroatoms. The predicted molar refractivity (Wildman–Crippen MR) is 90.1 cm³/mol. The van der Waals surface area contributed by atoms with Gasteiger partial charge in [0.05, 0.1) is 0 Å². The highest BCUT2D eigenvalue weighted by Crippen LogP contribution is 2.34. The molecule has 4 nitrogen and oxygen atoms in total. The molecule has 0 fully saturated rings. The summed E-state index contributed by atoms with van der Waals surface area (Å²) in [6.45, 7) is 6.06. The Morgan fingerprint density at radius 3 is 2.05 bits per heavy atom. The van der Waals surface area contributed by atoms with Crippen molar-refractivity contribution in [2.75, 3.05) is 12.8 Å². The molecule has 2 N–H and O–H groups in total. The van der Waals surface area contributed by atoms with Crippen LogP contribution in [-0.2, 0) is 10.0 Å². The standard InChI is InChI=1S/C13H20Br2N2O2S/c1-8(2)5-9(3)17(4)20(18,19)13-11(14)6-10(16)7-12(13)15/h6-9H,5,16H2,1-4H3. The summed E-state index contributed by atoms with van der Waals surface area (Å²) in [5.74, 6) is 0.431. The van der Waals surface area contributed by atoms with Crippen LogP contribution in [-0.4, -0.2) is 25.8 Å². The van der Waals surface area contributed by atoms with Crippen LogP contribution in [0.2, 0.25) is 0 Å². The number of rotatable bonds is 5. The molecule has 0 aliphatic carbocycles. The molecule has 0 heterocycles. The van der Waals surface area contributed by atoms with E-state index in [0.717, 1.165) is 6.42 Å². The molecule has 0 saturated carbocycles. The Morgan fingerprint density at radius 2 is 1.65 bits per heavy atom. The van der Waals surface area contributed by atoms with E-state index < -0.39 is 10.0 Å². The van der Waals surface area contributed by atoms with Gasteiger partial charge in [0, 0.05) is 27.7 Å². The van der Waals surface area contributed by atoms with Gasteiger partial charge in [-0.1, -0.05) is 13.8 Å². The Kier molecular flexibility index (Phi) is 6.07. The van der Waals surface area contributed by atoms with Crippen LogP contribution in [0.15, 0.2) is 26.0 Å². The van der Waals surface area contributed by atoms with E-state index in [0.29, 0.717) is 20.6 Å². The van der Waals surface area contributed by atoms with Crippen LogP contribution in [0.3, 0.4) is 0 Å². The molecule has 0 saturated heterocycles. The maximum atomic E-state index is 12.7. The monoisotopic (exact) mass is 426 g/mol. The van der Waals surface area contributed by atoms with Crippen molar-refractivity contribution in [2.45, 2.75) is 38.1 Å². The van der Waals surface area contributed by atoms with E-state index in [4.69, 9.17) is 5.73 Å². The smallest absolute Gasteiger partial charge is 0.245 e. The zero-order valence-electron chi connectivity index (χ0n) is 12.0. The minimum absolute atomic E-state index is 0.0728. The van der Waals surface area contributed by atoms with Crippen LogP contribution in [0, 0.1) is 5.92 Å². The molecule has 1 aromatic rings. The van der Waals surface area contributed by atoms with E-state index in [1.165, 1.54) is 4.31 Å². The first-order chi connectivity index (χ1) is 9.07. The number of sulfonamides is 1. The summed E-state index contributed by atoms with van der Waals surface area (Å²) in [5, 5.41) is 0. The van der Waals surface area contributed by atoms with Crippen LogP contribution in [0.5, 0.6) is 0 Å². The topological polar surface area (TPSA) is 63.4 Å². The van der Waals surface area contributed by atoms with Gasteiger partial charge in [0.2, 0.25) is 10.0 Å². The summed E-state index contributed by atoms with van der Waals surface area (Å²) in [4.78, 5) is 0.213. The maximum Gasteiger partial charge on any atom is 0.245 e. The highest BCUT2D eigenvalue weighted by atomic mass is 79.9. The lowest BCUT2D eigenvalue weighted by Crippen LogP contribution is -2.36. The van der Waals surface area contributed by atoms with Crippen molar-refractivity contribution < 1.29 is 8.42 Å². The molecule has 0 bridgehead atoms. The summed E-state index contributed by atoms with van der Waals surface area (Å²) >= 11 is 6.57. The van der Waals surface area contributed by atoms with Crippen LogP contribution in [0.25, 0.3) is 0 Å². The molecule has 0 aromatic heterocycles. The van der Waals surface area contributed by atoms with Crippen molar-refractivity contribution in [3.63, 3.8) is 0 Å². The highest BCUT2D eigenvalue weighted by molar-refractivity contribution is 9.11. The van der Waals surface area contributed by atoms with Crippen molar-refractivity contribution >= 4 is 47.6 Å². The summed E-state index contributed by atoms with van der Waals surface area (Å²) in [6, 6.07) is 3.12. The molecule has 20 heavy (non-hydrogen) atoms. The van der Waals surface area contributed by atoms with Gasteiger partial charge in [0.1, 0.15) is 4.90 Å². The molecule has 0 aliphatic rings. The minimum Gasteiger partial charge on any atom is -0.399 e. The molecule has 0 aliphatic heterocycles. The third-order valence-electron chi connectivity index (χ3n) is 3.09. The summed E-state index contributed by atoms with van der Waals surface area (Å²) in [5.41, 5.74) is 6.21. The fourth-order valence-electron chi connectivity index (χ4n) is 2.04. The lowest BCUT2D eigenvalue weighted by Gasteiger charge is -2.26. The average Bonchev–Trinajstić information content (AvgIpc) is 2.24. The normalized spacial score (nSPS) is 14.0. The first kappa shape index (κ1) is 17.9. The van der Waals surface area contributed by atoms with Crippen molar-refractivity contribution in [1.82, 2.24) is 4.31 Å². The van der Waals surface area contributed by atoms with Crippen LogP contribution in [0.1, 0.15) is 27.2 Å². The molecule has 0 radical (unpaired) electrons. The Labute approximate surface area is 138 Å². The second-order valence-corrected chi connectivity index (χ2v) is 8.96. The predicted octanol–water partition coefficient (Wildman–Crippen LogP) is 3.85. The molecular weight excluding hydrogens is 408 g/mol. The third-order valence-corrected chi connectivity index (χ3v) is 6.94. The minimum atomic E-state index is -3.58. The first-order valence-corrected chi connectivity index (χ1v) is 9.32. The summed E-state index contributed by atoms with van der Waals surface area (Å²) in [6.07, 6.45) is 0.805. The molecule has 0 spiro atoms. The number of nitrogen functional groups attached to an aromatic ring is 1. The zero-order chi connectivity index (χ0) is 15.7. The molecule has 1 rings (SSSR count). The van der Waals surface area contributed by atoms with E-state index in [-0.39, 0.29) is 10.9 Å². The quantitative estimate of drug-likeness (QED) is 0.725. The van der Waals surface area contributed by atoms with Gasteiger partial charge in [-0.25, -0.2) is 8.42 Å². The number of benzene rings is 1. The Morgan fingerprint density at radius 1 is 1.20 bits per heavy atom. The van der Waals surface area contributed by atoms with E-state index in [9.17, 15) is 8.42 Å². The molecule has 1 atom stereocenters. The summed E-state index contributed by atoms with van der Waals surface area (Å²) in [7, 11) is -1.97. The van der Waals surface area contributed by atoms with E-state index in [2.05, 4.69) is 45.7 Å². The maximum absolute atomic E-state index is 12.7. The van der Waals surface area contributed by atoms with Crippen LogP contribution >= 0.6 is 31.9 Å². The molecule has 0 amide bonds. The van der Waals surface area contributed by atoms with E-state index in [1.54, 1.807) is 19.2 Å². The number of hydrogen-bond acceptors (Lipinski definition) is 3.